The van der Waals surface area contributed by atoms with Crippen molar-refractivity contribution in [2.75, 3.05) is 55.5 Å². The van der Waals surface area contributed by atoms with E-state index in [1.165, 1.54) is 11.5 Å². The molecular weight excluding hydrogens is 350 g/mol. The minimum atomic E-state index is 0.341. The highest BCUT2D eigenvalue weighted by Gasteiger charge is 2.26. The topological polar surface area (TPSA) is 79.3 Å². The first-order chi connectivity index (χ1) is 12.7. The normalized spacial score (nSPS) is 21.2. The average molecular weight is 376 g/mol. The maximum atomic E-state index is 5.46. The maximum absolute atomic E-state index is 5.46. The van der Waals surface area contributed by atoms with E-state index in [-0.39, 0.29) is 0 Å². The molecule has 2 aromatic heterocycles. The zero-order valence-corrected chi connectivity index (χ0v) is 16.1. The highest BCUT2D eigenvalue weighted by Crippen LogP contribution is 2.27. The lowest BCUT2D eigenvalue weighted by Gasteiger charge is -2.23. The molecule has 26 heavy (non-hydrogen) atoms. The minimum absolute atomic E-state index is 0.341. The molecule has 0 spiro atoms. The van der Waals surface area contributed by atoms with Gasteiger partial charge in [-0.05, 0) is 25.3 Å². The first kappa shape index (κ1) is 17.4. The lowest BCUT2D eigenvalue weighted by Crippen LogP contribution is -2.27. The van der Waals surface area contributed by atoms with Gasteiger partial charge >= 0.3 is 0 Å². The Kier molecular flexibility index (Phi) is 5.16. The van der Waals surface area contributed by atoms with Gasteiger partial charge in [0.15, 0.2) is 0 Å². The van der Waals surface area contributed by atoms with E-state index in [1.807, 2.05) is 25.2 Å². The third-order valence-corrected chi connectivity index (χ3v) is 5.55. The second kappa shape index (κ2) is 7.71. The summed E-state index contributed by atoms with van der Waals surface area (Å²) in [6.45, 7) is 3.50. The Hall–Kier alpha value is -2.00. The van der Waals surface area contributed by atoms with Gasteiger partial charge in [-0.3, -0.25) is 0 Å². The first-order valence-electron chi connectivity index (χ1n) is 9.12. The number of nitrogens with zero attached hydrogens (tertiary/aromatic N) is 6. The van der Waals surface area contributed by atoms with Crippen molar-refractivity contribution >= 4 is 28.6 Å². The van der Waals surface area contributed by atoms with E-state index in [0.29, 0.717) is 12.0 Å². The van der Waals surface area contributed by atoms with Gasteiger partial charge in [-0.1, -0.05) is 0 Å². The van der Waals surface area contributed by atoms with Crippen molar-refractivity contribution in [2.24, 2.45) is 0 Å². The molecule has 0 bridgehead atoms. The van der Waals surface area contributed by atoms with Crippen LogP contribution in [0.15, 0.2) is 12.3 Å². The zero-order valence-electron chi connectivity index (χ0n) is 15.3. The largest absolute Gasteiger partial charge is 0.381 e. The molecule has 8 nitrogen and oxygen atoms in total. The Morgan fingerprint density at radius 1 is 1.23 bits per heavy atom. The van der Waals surface area contributed by atoms with E-state index in [2.05, 4.69) is 30.6 Å². The molecule has 1 unspecified atom stereocenters. The summed E-state index contributed by atoms with van der Waals surface area (Å²) in [6, 6.07) is 2.39. The molecule has 9 heteroatoms. The highest BCUT2D eigenvalue weighted by molar-refractivity contribution is 7.09. The van der Waals surface area contributed by atoms with Gasteiger partial charge in [0.25, 0.3) is 0 Å². The monoisotopic (exact) mass is 375 g/mol. The van der Waals surface area contributed by atoms with Crippen LogP contribution in [0.5, 0.6) is 0 Å². The van der Waals surface area contributed by atoms with Crippen LogP contribution in [0.1, 0.15) is 30.9 Å². The lowest BCUT2D eigenvalue weighted by atomic mass is 9.96. The molecule has 0 aromatic carbocycles. The number of nitrogens with one attached hydrogen (secondary N) is 1. The lowest BCUT2D eigenvalue weighted by molar-refractivity contribution is 0.0845. The van der Waals surface area contributed by atoms with Crippen molar-refractivity contribution < 1.29 is 4.74 Å². The Labute approximate surface area is 157 Å². The summed E-state index contributed by atoms with van der Waals surface area (Å²) in [5, 5.41) is 4.37. The Balaban J connectivity index is 1.38. The van der Waals surface area contributed by atoms with E-state index in [4.69, 9.17) is 9.72 Å². The van der Waals surface area contributed by atoms with Crippen LogP contribution in [0.2, 0.25) is 0 Å². The number of hydrogen-bond donors (Lipinski definition) is 1. The van der Waals surface area contributed by atoms with Crippen LogP contribution >= 0.6 is 11.5 Å². The van der Waals surface area contributed by atoms with Crippen LogP contribution in [0.4, 0.5) is 17.0 Å². The first-order valence-corrected chi connectivity index (χ1v) is 9.89. The molecule has 140 valence electrons. The van der Waals surface area contributed by atoms with E-state index in [9.17, 15) is 0 Å². The van der Waals surface area contributed by atoms with Crippen molar-refractivity contribution in [3.63, 3.8) is 0 Å². The van der Waals surface area contributed by atoms with Gasteiger partial charge < -0.3 is 19.9 Å². The molecule has 1 N–H and O–H groups in total. The van der Waals surface area contributed by atoms with Gasteiger partial charge in [-0.15, -0.1) is 0 Å². The fraction of sp³-hybridized carbons (Fsp3) is 0.647. The summed E-state index contributed by atoms with van der Waals surface area (Å²) in [5.74, 6) is 2.08. The molecular formula is C17H25N7OS. The van der Waals surface area contributed by atoms with Crippen LogP contribution in [0, 0.1) is 0 Å². The molecule has 0 amide bonds. The van der Waals surface area contributed by atoms with Crippen molar-refractivity contribution in [2.45, 2.75) is 31.2 Å². The summed E-state index contributed by atoms with van der Waals surface area (Å²) in [5.41, 5.74) is 1.15. The molecule has 2 aromatic rings. The number of hydrogen-bond acceptors (Lipinski definition) is 9. The molecule has 4 rings (SSSR count). The third-order valence-electron chi connectivity index (χ3n) is 4.92. The van der Waals surface area contributed by atoms with Gasteiger partial charge in [0.05, 0.1) is 0 Å². The highest BCUT2D eigenvalue weighted by atomic mass is 32.1. The maximum Gasteiger partial charge on any atom is 0.238 e. The van der Waals surface area contributed by atoms with Crippen molar-refractivity contribution in [3.8, 4) is 0 Å². The predicted molar refractivity (Wildman–Crippen MR) is 103 cm³/mol. The van der Waals surface area contributed by atoms with Crippen molar-refractivity contribution in [1.29, 1.82) is 0 Å². The van der Waals surface area contributed by atoms with Gasteiger partial charge in [0.2, 0.25) is 17.0 Å². The Bertz CT molecular complexity index is 731. The Morgan fingerprint density at radius 2 is 2.08 bits per heavy atom. The van der Waals surface area contributed by atoms with Gasteiger partial charge in [0, 0.05) is 75.8 Å². The molecule has 2 aliphatic heterocycles. The summed E-state index contributed by atoms with van der Waals surface area (Å²) >= 11 is 1.41. The van der Waals surface area contributed by atoms with Crippen LogP contribution in [0.3, 0.4) is 0 Å². The number of ether oxygens (including phenoxy) is 1. The van der Waals surface area contributed by atoms with Crippen LogP contribution < -0.4 is 15.1 Å². The summed E-state index contributed by atoms with van der Waals surface area (Å²) in [6.07, 6.45) is 5.03. The second-order valence-corrected chi connectivity index (χ2v) is 7.79. The molecule has 1 atom stereocenters. The second-order valence-electron chi connectivity index (χ2n) is 7.04. The molecule has 0 saturated carbocycles. The van der Waals surface area contributed by atoms with E-state index >= 15 is 0 Å². The smallest absolute Gasteiger partial charge is 0.238 e. The molecule has 0 radical (unpaired) electrons. The minimum Gasteiger partial charge on any atom is -0.381 e. The Morgan fingerprint density at radius 3 is 2.85 bits per heavy atom. The molecule has 2 aliphatic rings. The summed E-state index contributed by atoms with van der Waals surface area (Å²) in [4.78, 5) is 18.0. The van der Waals surface area contributed by atoms with Gasteiger partial charge in [-0.25, -0.2) is 9.97 Å². The number of anilines is 3. The summed E-state index contributed by atoms with van der Waals surface area (Å²) in [7, 11) is 3.90. The SMILES string of the molecule is CN(C)c1nsc(NC2CCN(c3nccc(C4CCOCC4)n3)C2)n1. The van der Waals surface area contributed by atoms with Crippen molar-refractivity contribution in [1.82, 2.24) is 19.3 Å². The van der Waals surface area contributed by atoms with Crippen LogP contribution in [-0.4, -0.2) is 65.8 Å². The quantitative estimate of drug-likeness (QED) is 0.850. The van der Waals surface area contributed by atoms with Crippen LogP contribution in [0.25, 0.3) is 0 Å². The molecule has 2 fully saturated rings. The van der Waals surface area contributed by atoms with Crippen molar-refractivity contribution in [3.05, 3.63) is 18.0 Å². The predicted octanol–water partition coefficient (Wildman–Crippen LogP) is 1.98. The molecule has 4 heterocycles. The number of rotatable bonds is 5. The fourth-order valence-corrected chi connectivity index (χ4v) is 4.14. The standard InChI is InChI=1S/C17H25N7OS/c1-23(2)16-21-17(26-22-16)19-13-4-8-24(11-13)15-18-7-3-14(20-15)12-5-9-25-10-6-12/h3,7,12-13H,4-6,8-11H2,1-2H3,(H,19,21,22). The number of aromatic nitrogens is 4. The molecule has 0 aliphatic carbocycles. The van der Waals surface area contributed by atoms with Crippen LogP contribution in [-0.2, 0) is 4.74 Å². The zero-order chi connectivity index (χ0) is 17.9. The summed E-state index contributed by atoms with van der Waals surface area (Å²) < 4.78 is 9.81. The van der Waals surface area contributed by atoms with E-state index in [0.717, 1.165) is 68.3 Å². The van der Waals surface area contributed by atoms with E-state index < -0.39 is 0 Å². The van der Waals surface area contributed by atoms with Gasteiger partial charge in [0.1, 0.15) is 0 Å². The average Bonchev–Trinajstić information content (AvgIpc) is 3.33. The third kappa shape index (κ3) is 3.88. The molecule has 2 saturated heterocycles. The fourth-order valence-electron chi connectivity index (χ4n) is 3.43. The van der Waals surface area contributed by atoms with Gasteiger partial charge in [-0.2, -0.15) is 9.36 Å². The van der Waals surface area contributed by atoms with E-state index in [1.54, 1.807) is 0 Å².